The van der Waals surface area contributed by atoms with Gasteiger partial charge >= 0.3 is 0 Å². The van der Waals surface area contributed by atoms with E-state index in [1.807, 2.05) is 13.0 Å². The standard InChI is InChI=1S/C20H26N2O2/c1-16-7-8-18(24-16)13-22-11-12-23-20-15-21(14-19(20)22)10-9-17-5-3-2-4-6-17/h2-8,19-20H,9-15H2,1H3/t19-,20+/m0/s1. The van der Waals surface area contributed by atoms with Crippen LogP contribution in [0.4, 0.5) is 0 Å². The molecular formula is C20H26N2O2. The van der Waals surface area contributed by atoms with Gasteiger partial charge in [0.05, 0.1) is 25.3 Å². The zero-order valence-electron chi connectivity index (χ0n) is 14.4. The lowest BCUT2D eigenvalue weighted by molar-refractivity contribution is -0.0523. The van der Waals surface area contributed by atoms with Gasteiger partial charge in [-0.1, -0.05) is 30.3 Å². The Morgan fingerprint density at radius 2 is 1.96 bits per heavy atom. The summed E-state index contributed by atoms with van der Waals surface area (Å²) in [5, 5.41) is 0. The van der Waals surface area contributed by atoms with Gasteiger partial charge in [0.25, 0.3) is 0 Å². The second-order valence-corrected chi connectivity index (χ2v) is 6.95. The molecule has 0 spiro atoms. The number of nitrogens with zero attached hydrogens (tertiary/aromatic N) is 2. The number of likely N-dealkylation sites (tertiary alicyclic amines) is 1. The molecule has 4 rings (SSSR count). The van der Waals surface area contributed by atoms with Crippen molar-refractivity contribution < 1.29 is 9.15 Å². The SMILES string of the molecule is Cc1ccc(CN2CCO[C@@H]3CN(CCc4ccccc4)C[C@@H]32)o1. The van der Waals surface area contributed by atoms with Crippen molar-refractivity contribution in [3.63, 3.8) is 0 Å². The highest BCUT2D eigenvalue weighted by atomic mass is 16.5. The summed E-state index contributed by atoms with van der Waals surface area (Å²) >= 11 is 0. The van der Waals surface area contributed by atoms with E-state index in [1.54, 1.807) is 0 Å². The minimum atomic E-state index is 0.339. The smallest absolute Gasteiger partial charge is 0.118 e. The molecule has 0 bridgehead atoms. The minimum absolute atomic E-state index is 0.339. The number of fused-ring (bicyclic) bond motifs is 1. The summed E-state index contributed by atoms with van der Waals surface area (Å²) in [6, 6.07) is 15.4. The molecule has 2 atom stereocenters. The molecule has 0 unspecified atom stereocenters. The fraction of sp³-hybridized carbons (Fsp3) is 0.500. The van der Waals surface area contributed by atoms with Crippen LogP contribution in [-0.4, -0.2) is 54.7 Å². The van der Waals surface area contributed by atoms with Crippen LogP contribution in [0.5, 0.6) is 0 Å². The molecule has 2 aliphatic rings. The highest BCUT2D eigenvalue weighted by Crippen LogP contribution is 2.25. The molecule has 1 aromatic heterocycles. The highest BCUT2D eigenvalue weighted by Gasteiger charge is 2.39. The van der Waals surface area contributed by atoms with Gasteiger partial charge in [0.2, 0.25) is 0 Å². The van der Waals surface area contributed by atoms with Gasteiger partial charge in [-0.15, -0.1) is 0 Å². The maximum absolute atomic E-state index is 6.04. The topological polar surface area (TPSA) is 28.9 Å². The van der Waals surface area contributed by atoms with Gasteiger partial charge in [-0.2, -0.15) is 0 Å². The van der Waals surface area contributed by atoms with Crippen molar-refractivity contribution in [1.29, 1.82) is 0 Å². The monoisotopic (exact) mass is 326 g/mol. The van der Waals surface area contributed by atoms with E-state index in [4.69, 9.17) is 9.15 Å². The van der Waals surface area contributed by atoms with Gasteiger partial charge in [-0.25, -0.2) is 0 Å². The molecule has 4 heteroatoms. The molecule has 0 N–H and O–H groups in total. The van der Waals surface area contributed by atoms with Gasteiger partial charge < -0.3 is 9.15 Å². The molecule has 1 aromatic carbocycles. The van der Waals surface area contributed by atoms with Crippen molar-refractivity contribution in [3.8, 4) is 0 Å². The van der Waals surface area contributed by atoms with Crippen molar-refractivity contribution in [2.45, 2.75) is 32.0 Å². The van der Waals surface area contributed by atoms with Crippen LogP contribution in [-0.2, 0) is 17.7 Å². The number of ether oxygens (including phenoxy) is 1. The molecule has 2 fully saturated rings. The zero-order chi connectivity index (χ0) is 16.4. The van der Waals surface area contributed by atoms with Gasteiger partial charge in [0.1, 0.15) is 11.5 Å². The van der Waals surface area contributed by atoms with Crippen molar-refractivity contribution in [1.82, 2.24) is 9.80 Å². The van der Waals surface area contributed by atoms with E-state index in [1.165, 1.54) is 5.56 Å². The Morgan fingerprint density at radius 3 is 2.75 bits per heavy atom. The first-order chi connectivity index (χ1) is 11.8. The maximum Gasteiger partial charge on any atom is 0.118 e. The Labute approximate surface area is 144 Å². The third-order valence-electron chi connectivity index (χ3n) is 5.21. The summed E-state index contributed by atoms with van der Waals surface area (Å²) in [5.74, 6) is 2.06. The summed E-state index contributed by atoms with van der Waals surface area (Å²) < 4.78 is 11.8. The normalized spacial score (nSPS) is 25.0. The molecule has 3 heterocycles. The molecule has 2 aromatic rings. The van der Waals surface area contributed by atoms with E-state index in [0.29, 0.717) is 12.1 Å². The fourth-order valence-corrected chi connectivity index (χ4v) is 3.92. The predicted octanol–water partition coefficient (Wildman–Crippen LogP) is 2.72. The molecule has 0 aliphatic carbocycles. The summed E-state index contributed by atoms with van der Waals surface area (Å²) in [5.41, 5.74) is 1.41. The Bertz CT molecular complexity index is 655. The first-order valence-corrected chi connectivity index (χ1v) is 8.95. The lowest BCUT2D eigenvalue weighted by atomic mass is 10.1. The highest BCUT2D eigenvalue weighted by molar-refractivity contribution is 5.15. The molecular weight excluding hydrogens is 300 g/mol. The number of rotatable bonds is 5. The summed E-state index contributed by atoms with van der Waals surface area (Å²) in [6.45, 7) is 7.97. The van der Waals surface area contributed by atoms with E-state index in [-0.39, 0.29) is 0 Å². The molecule has 4 nitrogen and oxygen atoms in total. The first kappa shape index (κ1) is 15.9. The molecule has 2 saturated heterocycles. The van der Waals surface area contributed by atoms with Crippen LogP contribution in [0.15, 0.2) is 46.9 Å². The number of aryl methyl sites for hydroxylation is 1. The van der Waals surface area contributed by atoms with Gasteiger partial charge in [-0.3, -0.25) is 9.80 Å². The lowest BCUT2D eigenvalue weighted by Crippen LogP contribution is -2.50. The fourth-order valence-electron chi connectivity index (χ4n) is 3.92. The zero-order valence-corrected chi connectivity index (χ0v) is 14.4. The van der Waals surface area contributed by atoms with Gasteiger partial charge in [0, 0.05) is 26.2 Å². The average Bonchev–Trinajstić information content (AvgIpc) is 3.20. The number of hydrogen-bond acceptors (Lipinski definition) is 4. The average molecular weight is 326 g/mol. The van der Waals surface area contributed by atoms with Crippen molar-refractivity contribution in [2.75, 3.05) is 32.8 Å². The number of hydrogen-bond donors (Lipinski definition) is 0. The van der Waals surface area contributed by atoms with Crippen LogP contribution >= 0.6 is 0 Å². The van der Waals surface area contributed by atoms with Crippen LogP contribution in [0.2, 0.25) is 0 Å². The van der Waals surface area contributed by atoms with E-state index < -0.39 is 0 Å². The Kier molecular flexibility index (Phi) is 4.69. The minimum Gasteiger partial charge on any atom is -0.465 e. The van der Waals surface area contributed by atoms with Crippen LogP contribution in [0.25, 0.3) is 0 Å². The van der Waals surface area contributed by atoms with Crippen LogP contribution < -0.4 is 0 Å². The van der Waals surface area contributed by atoms with E-state index in [0.717, 1.165) is 57.3 Å². The second kappa shape index (κ2) is 7.09. The first-order valence-electron chi connectivity index (χ1n) is 8.95. The van der Waals surface area contributed by atoms with E-state index in [2.05, 4.69) is 46.2 Å². The quantitative estimate of drug-likeness (QED) is 0.845. The third kappa shape index (κ3) is 3.56. The number of benzene rings is 1. The van der Waals surface area contributed by atoms with Crippen LogP contribution in [0.1, 0.15) is 17.1 Å². The van der Waals surface area contributed by atoms with Gasteiger partial charge in [0.15, 0.2) is 0 Å². The van der Waals surface area contributed by atoms with E-state index in [9.17, 15) is 0 Å². The van der Waals surface area contributed by atoms with E-state index >= 15 is 0 Å². The molecule has 0 saturated carbocycles. The Hall–Kier alpha value is -1.62. The summed E-state index contributed by atoms with van der Waals surface area (Å²) in [7, 11) is 0. The molecule has 24 heavy (non-hydrogen) atoms. The lowest BCUT2D eigenvalue weighted by Gasteiger charge is -2.36. The van der Waals surface area contributed by atoms with Gasteiger partial charge in [-0.05, 0) is 31.0 Å². The van der Waals surface area contributed by atoms with Crippen molar-refractivity contribution >= 4 is 0 Å². The van der Waals surface area contributed by atoms with Crippen molar-refractivity contribution in [3.05, 3.63) is 59.5 Å². The Balaban J connectivity index is 1.35. The predicted molar refractivity (Wildman–Crippen MR) is 94.0 cm³/mol. The maximum atomic E-state index is 6.04. The number of furan rings is 1. The van der Waals surface area contributed by atoms with Crippen molar-refractivity contribution in [2.24, 2.45) is 0 Å². The summed E-state index contributed by atoms with van der Waals surface area (Å²) in [6.07, 6.45) is 1.45. The molecule has 2 aliphatic heterocycles. The molecule has 0 amide bonds. The van der Waals surface area contributed by atoms with Crippen LogP contribution in [0.3, 0.4) is 0 Å². The van der Waals surface area contributed by atoms with Crippen LogP contribution in [0, 0.1) is 6.92 Å². The third-order valence-corrected chi connectivity index (χ3v) is 5.21. The molecule has 128 valence electrons. The molecule has 0 radical (unpaired) electrons. The second-order valence-electron chi connectivity index (χ2n) is 6.95. The summed E-state index contributed by atoms with van der Waals surface area (Å²) in [4.78, 5) is 5.09. The number of morpholine rings is 1. The Morgan fingerprint density at radius 1 is 1.08 bits per heavy atom. The largest absolute Gasteiger partial charge is 0.465 e.